The van der Waals surface area contributed by atoms with E-state index in [0.29, 0.717) is 11.7 Å². The molecule has 1 fully saturated rings. The Bertz CT molecular complexity index is 1160. The standard InChI is InChI=1S/C27H29N3O2S.C2H6/c1-3-29(19-31)27(28-24-18-23-14-8-7-13-22(23)17-20(24)2)33-25(21-11-5-4-6-12-21)26(32)30-15-9-10-16-30;1-2/h4-8,11-14,17-19,25H,3,9-10,15-16H2,1-2H3;1-2H3. The minimum atomic E-state index is -0.460. The average Bonchev–Trinajstić information content (AvgIpc) is 3.44. The molecule has 0 N–H and O–H groups in total. The summed E-state index contributed by atoms with van der Waals surface area (Å²) in [5.41, 5.74) is 2.75. The molecule has 1 aliphatic heterocycles. The van der Waals surface area contributed by atoms with Crippen LogP contribution < -0.4 is 0 Å². The van der Waals surface area contributed by atoms with Crippen LogP contribution >= 0.6 is 11.8 Å². The first-order valence-electron chi connectivity index (χ1n) is 12.4. The smallest absolute Gasteiger partial charge is 0.240 e. The van der Waals surface area contributed by atoms with E-state index in [1.54, 1.807) is 4.90 Å². The molecular formula is C29H35N3O2S. The fraction of sp³-hybridized carbons (Fsp3) is 0.345. The maximum absolute atomic E-state index is 13.5. The average molecular weight is 490 g/mol. The molecule has 0 aliphatic carbocycles. The molecule has 1 saturated heterocycles. The third kappa shape index (κ3) is 6.51. The fourth-order valence-corrected chi connectivity index (χ4v) is 5.29. The molecular weight excluding hydrogens is 454 g/mol. The van der Waals surface area contributed by atoms with Gasteiger partial charge in [0.05, 0.1) is 5.69 Å². The van der Waals surface area contributed by atoms with Crippen molar-refractivity contribution in [2.45, 2.75) is 45.8 Å². The Balaban J connectivity index is 0.00000167. The highest BCUT2D eigenvalue weighted by atomic mass is 32.2. The van der Waals surface area contributed by atoms with E-state index < -0.39 is 5.25 Å². The molecule has 1 heterocycles. The summed E-state index contributed by atoms with van der Waals surface area (Å²) in [6, 6.07) is 22.1. The van der Waals surface area contributed by atoms with Crippen molar-refractivity contribution in [3.8, 4) is 0 Å². The predicted octanol–water partition coefficient (Wildman–Crippen LogP) is 6.74. The molecule has 3 aromatic rings. The molecule has 1 aliphatic rings. The molecule has 3 aromatic carbocycles. The van der Waals surface area contributed by atoms with E-state index in [1.165, 1.54) is 11.8 Å². The highest BCUT2D eigenvalue weighted by Gasteiger charge is 2.31. The molecule has 4 rings (SSSR count). The van der Waals surface area contributed by atoms with Gasteiger partial charge in [-0.1, -0.05) is 80.2 Å². The normalized spacial score (nSPS) is 14.3. The Kier molecular flexibility index (Phi) is 9.91. The second-order valence-corrected chi connectivity index (χ2v) is 9.28. The number of carbonyl (C=O) groups is 2. The van der Waals surface area contributed by atoms with Crippen molar-refractivity contribution >= 4 is 45.7 Å². The van der Waals surface area contributed by atoms with Gasteiger partial charge in [-0.2, -0.15) is 0 Å². The van der Waals surface area contributed by atoms with Gasteiger partial charge in [0.15, 0.2) is 5.17 Å². The zero-order chi connectivity index (χ0) is 25.2. The predicted molar refractivity (Wildman–Crippen MR) is 148 cm³/mol. The number of aryl methyl sites for hydroxylation is 1. The summed E-state index contributed by atoms with van der Waals surface area (Å²) in [5, 5.41) is 2.32. The zero-order valence-corrected chi connectivity index (χ0v) is 21.9. The number of likely N-dealkylation sites (tertiary alicyclic amines) is 1. The van der Waals surface area contributed by atoms with E-state index >= 15 is 0 Å². The van der Waals surface area contributed by atoms with Crippen LogP contribution in [0.1, 0.15) is 50.0 Å². The van der Waals surface area contributed by atoms with E-state index in [-0.39, 0.29) is 5.91 Å². The second kappa shape index (κ2) is 13.1. The molecule has 0 spiro atoms. The van der Waals surface area contributed by atoms with Crippen molar-refractivity contribution in [3.05, 3.63) is 77.9 Å². The molecule has 35 heavy (non-hydrogen) atoms. The van der Waals surface area contributed by atoms with Gasteiger partial charge in [-0.3, -0.25) is 14.5 Å². The third-order valence-electron chi connectivity index (χ3n) is 5.96. The number of thioether (sulfide) groups is 1. The van der Waals surface area contributed by atoms with Gasteiger partial charge in [-0.15, -0.1) is 0 Å². The van der Waals surface area contributed by atoms with Crippen molar-refractivity contribution in [3.63, 3.8) is 0 Å². The van der Waals surface area contributed by atoms with Crippen LogP contribution in [0.15, 0.2) is 71.7 Å². The van der Waals surface area contributed by atoms with Crippen LogP contribution in [-0.4, -0.2) is 46.9 Å². The lowest BCUT2D eigenvalue weighted by Gasteiger charge is -2.26. The summed E-state index contributed by atoms with van der Waals surface area (Å²) in [4.78, 5) is 33.9. The van der Waals surface area contributed by atoms with Crippen molar-refractivity contribution in [2.24, 2.45) is 4.99 Å². The lowest BCUT2D eigenvalue weighted by molar-refractivity contribution is -0.129. The maximum Gasteiger partial charge on any atom is 0.240 e. The number of hydrogen-bond acceptors (Lipinski definition) is 4. The molecule has 0 bridgehead atoms. The van der Waals surface area contributed by atoms with Gasteiger partial charge in [0, 0.05) is 19.6 Å². The lowest BCUT2D eigenvalue weighted by Crippen LogP contribution is -2.34. The third-order valence-corrected chi connectivity index (χ3v) is 7.21. The number of amides is 2. The Morgan fingerprint density at radius 2 is 1.63 bits per heavy atom. The molecule has 2 amide bonds. The number of nitrogens with zero attached hydrogens (tertiary/aromatic N) is 3. The minimum Gasteiger partial charge on any atom is -0.341 e. The van der Waals surface area contributed by atoms with Crippen LogP contribution in [0, 0.1) is 6.92 Å². The van der Waals surface area contributed by atoms with E-state index in [4.69, 9.17) is 4.99 Å². The lowest BCUT2D eigenvalue weighted by atomic mass is 10.1. The largest absolute Gasteiger partial charge is 0.341 e. The number of hydrogen-bond donors (Lipinski definition) is 0. The summed E-state index contributed by atoms with van der Waals surface area (Å²) in [5.74, 6) is 0.0774. The Labute approximate surface area is 213 Å². The van der Waals surface area contributed by atoms with E-state index in [1.807, 2.05) is 81.1 Å². The molecule has 0 aromatic heterocycles. The molecule has 184 valence electrons. The molecule has 6 heteroatoms. The highest BCUT2D eigenvalue weighted by Crippen LogP contribution is 2.36. The quantitative estimate of drug-likeness (QED) is 0.219. The molecule has 0 radical (unpaired) electrons. The van der Waals surface area contributed by atoms with Crippen LogP contribution in [-0.2, 0) is 9.59 Å². The van der Waals surface area contributed by atoms with Crippen LogP contribution in [0.2, 0.25) is 0 Å². The van der Waals surface area contributed by atoms with Crippen molar-refractivity contribution < 1.29 is 9.59 Å². The number of fused-ring (bicyclic) bond motifs is 1. The van der Waals surface area contributed by atoms with Crippen LogP contribution in [0.4, 0.5) is 5.69 Å². The number of amidine groups is 1. The molecule has 0 saturated carbocycles. The zero-order valence-electron chi connectivity index (χ0n) is 21.1. The summed E-state index contributed by atoms with van der Waals surface area (Å²) >= 11 is 1.36. The summed E-state index contributed by atoms with van der Waals surface area (Å²) in [6.45, 7) is 9.97. The van der Waals surface area contributed by atoms with E-state index in [9.17, 15) is 9.59 Å². The topological polar surface area (TPSA) is 53.0 Å². The van der Waals surface area contributed by atoms with Gasteiger partial charge in [0.25, 0.3) is 0 Å². The molecule has 1 atom stereocenters. The SMILES string of the molecule is CC.CCN(C=O)C(=Nc1cc2ccccc2cc1C)SC(C(=O)N1CCCC1)c1ccccc1. The van der Waals surface area contributed by atoms with Gasteiger partial charge in [-0.05, 0) is 60.7 Å². The van der Waals surface area contributed by atoms with Crippen LogP contribution in [0.3, 0.4) is 0 Å². The first kappa shape index (κ1) is 26.5. The Morgan fingerprint density at radius 1 is 1.03 bits per heavy atom. The monoisotopic (exact) mass is 489 g/mol. The molecule has 1 unspecified atom stereocenters. The maximum atomic E-state index is 13.5. The van der Waals surface area contributed by atoms with Gasteiger partial charge in [0.1, 0.15) is 5.25 Å². The van der Waals surface area contributed by atoms with E-state index in [0.717, 1.165) is 59.9 Å². The first-order valence-corrected chi connectivity index (χ1v) is 13.3. The second-order valence-electron chi connectivity index (χ2n) is 8.21. The van der Waals surface area contributed by atoms with Crippen molar-refractivity contribution in [1.82, 2.24) is 9.80 Å². The fourth-order valence-electron chi connectivity index (χ4n) is 4.08. The summed E-state index contributed by atoms with van der Waals surface area (Å²) in [7, 11) is 0. The van der Waals surface area contributed by atoms with E-state index in [2.05, 4.69) is 18.2 Å². The number of benzene rings is 3. The van der Waals surface area contributed by atoms with Gasteiger partial charge in [0.2, 0.25) is 12.3 Å². The Hall–Kier alpha value is -3.12. The number of aliphatic imine (C=N–C) groups is 1. The van der Waals surface area contributed by atoms with Gasteiger partial charge >= 0.3 is 0 Å². The first-order chi connectivity index (χ1) is 17.1. The summed E-state index contributed by atoms with van der Waals surface area (Å²) in [6.07, 6.45) is 2.86. The highest BCUT2D eigenvalue weighted by molar-refractivity contribution is 8.14. The molecule has 5 nitrogen and oxygen atoms in total. The van der Waals surface area contributed by atoms with Crippen molar-refractivity contribution in [2.75, 3.05) is 19.6 Å². The summed E-state index contributed by atoms with van der Waals surface area (Å²) < 4.78 is 0. The van der Waals surface area contributed by atoms with Crippen LogP contribution in [0.25, 0.3) is 10.8 Å². The number of carbonyl (C=O) groups excluding carboxylic acids is 2. The number of rotatable bonds is 6. The van der Waals surface area contributed by atoms with Crippen molar-refractivity contribution in [1.29, 1.82) is 0 Å². The Morgan fingerprint density at radius 3 is 2.23 bits per heavy atom. The minimum absolute atomic E-state index is 0.0774. The van der Waals surface area contributed by atoms with Gasteiger partial charge in [-0.25, -0.2) is 4.99 Å². The van der Waals surface area contributed by atoms with Crippen LogP contribution in [0.5, 0.6) is 0 Å². The van der Waals surface area contributed by atoms with Gasteiger partial charge < -0.3 is 4.90 Å².